The van der Waals surface area contributed by atoms with Crippen molar-refractivity contribution in [1.82, 2.24) is 0 Å². The lowest BCUT2D eigenvalue weighted by Crippen LogP contribution is -2.22. The van der Waals surface area contributed by atoms with E-state index >= 15 is 0 Å². The number of hydrogen-bond acceptors (Lipinski definition) is 3. The van der Waals surface area contributed by atoms with E-state index in [0.29, 0.717) is 10.6 Å². The van der Waals surface area contributed by atoms with Crippen molar-refractivity contribution in [2.75, 3.05) is 0 Å². The highest BCUT2D eigenvalue weighted by Crippen LogP contribution is 2.12. The number of ether oxygens (including phenoxy) is 1. The minimum absolute atomic E-state index is 0.234. The number of carbonyl (C=O) groups is 2. The molecule has 1 aromatic carbocycles. The third-order valence-electron chi connectivity index (χ3n) is 1.84. The Kier molecular flexibility index (Phi) is 3.86. The lowest BCUT2D eigenvalue weighted by Gasteiger charge is -2.10. The topological polar surface area (TPSA) is 43.4 Å². The highest BCUT2D eigenvalue weighted by molar-refractivity contribution is 6.30. The summed E-state index contributed by atoms with van der Waals surface area (Å²) in [4.78, 5) is 22.3. The molecule has 1 rings (SSSR count). The zero-order valence-electron chi connectivity index (χ0n) is 8.49. The van der Waals surface area contributed by atoms with Gasteiger partial charge in [0.1, 0.15) is 0 Å². The maximum absolute atomic E-state index is 11.7. The Morgan fingerprint density at radius 1 is 1.27 bits per heavy atom. The monoisotopic (exact) mass is 226 g/mol. The quantitative estimate of drug-likeness (QED) is 0.588. The molecule has 0 aliphatic rings. The standard InChI is InChI=1S/C11H11ClO3/c1-7(15-8(2)13)11(14)9-3-5-10(12)6-4-9/h3-7H,1-2H3. The summed E-state index contributed by atoms with van der Waals surface area (Å²) in [5.41, 5.74) is 0.480. The van der Waals surface area contributed by atoms with Crippen molar-refractivity contribution in [3.63, 3.8) is 0 Å². The highest BCUT2D eigenvalue weighted by Gasteiger charge is 2.17. The van der Waals surface area contributed by atoms with Gasteiger partial charge in [0, 0.05) is 17.5 Å². The summed E-state index contributed by atoms with van der Waals surface area (Å²) < 4.78 is 4.78. The molecule has 0 heterocycles. The van der Waals surface area contributed by atoms with Gasteiger partial charge < -0.3 is 4.74 Å². The van der Waals surface area contributed by atoms with Crippen LogP contribution in [0.4, 0.5) is 0 Å². The van der Waals surface area contributed by atoms with E-state index in [-0.39, 0.29) is 5.78 Å². The number of ketones is 1. The fourth-order valence-electron chi connectivity index (χ4n) is 1.15. The van der Waals surface area contributed by atoms with Gasteiger partial charge in [0.2, 0.25) is 5.78 Å². The van der Waals surface area contributed by atoms with Crippen LogP contribution in [0.1, 0.15) is 24.2 Å². The molecule has 1 unspecified atom stereocenters. The van der Waals surface area contributed by atoms with Crippen LogP contribution in [-0.4, -0.2) is 17.9 Å². The van der Waals surface area contributed by atoms with E-state index in [9.17, 15) is 9.59 Å². The van der Waals surface area contributed by atoms with Gasteiger partial charge in [0.25, 0.3) is 0 Å². The van der Waals surface area contributed by atoms with Gasteiger partial charge in [-0.25, -0.2) is 0 Å². The number of hydrogen-bond donors (Lipinski definition) is 0. The second-order valence-electron chi connectivity index (χ2n) is 3.12. The van der Waals surface area contributed by atoms with E-state index in [1.807, 2.05) is 0 Å². The van der Waals surface area contributed by atoms with Crippen molar-refractivity contribution >= 4 is 23.4 Å². The van der Waals surface area contributed by atoms with Crippen LogP contribution >= 0.6 is 11.6 Å². The average Bonchev–Trinajstić information content (AvgIpc) is 2.17. The van der Waals surface area contributed by atoms with Crippen molar-refractivity contribution in [3.05, 3.63) is 34.9 Å². The molecule has 0 amide bonds. The van der Waals surface area contributed by atoms with Crippen LogP contribution < -0.4 is 0 Å². The van der Waals surface area contributed by atoms with E-state index in [1.54, 1.807) is 31.2 Å². The summed E-state index contributed by atoms with van der Waals surface area (Å²) in [5.74, 6) is -0.702. The molecule has 0 saturated carbocycles. The molecular formula is C11H11ClO3. The van der Waals surface area contributed by atoms with Crippen molar-refractivity contribution in [1.29, 1.82) is 0 Å². The first-order chi connectivity index (χ1) is 7.00. The van der Waals surface area contributed by atoms with Crippen LogP contribution in [0.3, 0.4) is 0 Å². The van der Waals surface area contributed by atoms with Gasteiger partial charge in [0.15, 0.2) is 6.10 Å². The van der Waals surface area contributed by atoms with Gasteiger partial charge >= 0.3 is 5.97 Å². The summed E-state index contributed by atoms with van der Waals surface area (Å²) in [5, 5.41) is 0.562. The van der Waals surface area contributed by atoms with Gasteiger partial charge in [-0.15, -0.1) is 0 Å². The van der Waals surface area contributed by atoms with Crippen LogP contribution in [0.15, 0.2) is 24.3 Å². The SMILES string of the molecule is CC(=O)OC(C)C(=O)c1ccc(Cl)cc1. The summed E-state index contributed by atoms with van der Waals surface area (Å²) in [6, 6.07) is 6.44. The second-order valence-corrected chi connectivity index (χ2v) is 3.56. The molecule has 4 heteroatoms. The van der Waals surface area contributed by atoms with Crippen LogP contribution in [-0.2, 0) is 9.53 Å². The molecule has 0 bridgehead atoms. The number of rotatable bonds is 3. The fourth-order valence-corrected chi connectivity index (χ4v) is 1.28. The van der Waals surface area contributed by atoms with E-state index in [0.717, 1.165) is 0 Å². The summed E-state index contributed by atoms with van der Waals surface area (Å²) in [7, 11) is 0. The molecule has 0 spiro atoms. The number of halogens is 1. The van der Waals surface area contributed by atoms with E-state index in [4.69, 9.17) is 16.3 Å². The Morgan fingerprint density at radius 3 is 2.27 bits per heavy atom. The van der Waals surface area contributed by atoms with Crippen LogP contribution in [0, 0.1) is 0 Å². The lowest BCUT2D eigenvalue weighted by atomic mass is 10.1. The second kappa shape index (κ2) is 4.94. The molecule has 1 atom stereocenters. The maximum Gasteiger partial charge on any atom is 0.303 e. The predicted molar refractivity (Wildman–Crippen MR) is 57.0 cm³/mol. The van der Waals surface area contributed by atoms with Gasteiger partial charge in [-0.3, -0.25) is 9.59 Å². The minimum Gasteiger partial charge on any atom is -0.454 e. The highest BCUT2D eigenvalue weighted by atomic mass is 35.5. The minimum atomic E-state index is -0.760. The average molecular weight is 227 g/mol. The smallest absolute Gasteiger partial charge is 0.303 e. The molecule has 0 radical (unpaired) electrons. The predicted octanol–water partition coefficient (Wildman–Crippen LogP) is 2.47. The third-order valence-corrected chi connectivity index (χ3v) is 2.09. The van der Waals surface area contributed by atoms with E-state index < -0.39 is 12.1 Å². The zero-order valence-corrected chi connectivity index (χ0v) is 9.25. The number of Topliss-reactive ketones (excluding diaryl/α,β-unsaturated/α-hetero) is 1. The number of benzene rings is 1. The number of carbonyl (C=O) groups excluding carboxylic acids is 2. The van der Waals surface area contributed by atoms with Crippen LogP contribution in [0.5, 0.6) is 0 Å². The first-order valence-corrected chi connectivity index (χ1v) is 4.85. The normalized spacial score (nSPS) is 11.9. The molecule has 0 saturated heterocycles. The molecule has 15 heavy (non-hydrogen) atoms. The number of esters is 1. The van der Waals surface area contributed by atoms with Crippen molar-refractivity contribution in [2.24, 2.45) is 0 Å². The first kappa shape index (κ1) is 11.7. The maximum atomic E-state index is 11.7. The Labute approximate surface area is 93.0 Å². The molecule has 80 valence electrons. The van der Waals surface area contributed by atoms with Crippen molar-refractivity contribution in [3.8, 4) is 0 Å². The first-order valence-electron chi connectivity index (χ1n) is 4.47. The van der Waals surface area contributed by atoms with Crippen molar-refractivity contribution in [2.45, 2.75) is 20.0 Å². The Morgan fingerprint density at radius 2 is 1.80 bits per heavy atom. The molecule has 0 aliphatic heterocycles. The third kappa shape index (κ3) is 3.36. The Bertz CT molecular complexity index is 370. The Balaban J connectivity index is 2.76. The van der Waals surface area contributed by atoms with Crippen LogP contribution in [0.2, 0.25) is 5.02 Å². The summed E-state index contributed by atoms with van der Waals surface area (Å²) in [6.07, 6.45) is -0.760. The zero-order chi connectivity index (χ0) is 11.4. The van der Waals surface area contributed by atoms with Crippen molar-refractivity contribution < 1.29 is 14.3 Å². The van der Waals surface area contributed by atoms with Gasteiger partial charge in [0.05, 0.1) is 0 Å². The van der Waals surface area contributed by atoms with Crippen LogP contribution in [0.25, 0.3) is 0 Å². The van der Waals surface area contributed by atoms with Gasteiger partial charge in [-0.1, -0.05) is 11.6 Å². The molecule has 3 nitrogen and oxygen atoms in total. The van der Waals surface area contributed by atoms with E-state index in [2.05, 4.69) is 0 Å². The van der Waals surface area contributed by atoms with E-state index in [1.165, 1.54) is 6.92 Å². The largest absolute Gasteiger partial charge is 0.454 e. The molecule has 0 aliphatic carbocycles. The fraction of sp³-hybridized carbons (Fsp3) is 0.273. The van der Waals surface area contributed by atoms with Gasteiger partial charge in [-0.05, 0) is 31.2 Å². The summed E-state index contributed by atoms with van der Waals surface area (Å²) in [6.45, 7) is 2.81. The molecule has 0 N–H and O–H groups in total. The lowest BCUT2D eigenvalue weighted by molar-refractivity contribution is -0.143. The molecule has 0 fully saturated rings. The summed E-state index contributed by atoms with van der Waals surface area (Å²) >= 11 is 5.68. The molecule has 0 aromatic heterocycles. The molecule has 1 aromatic rings. The molecular weight excluding hydrogens is 216 g/mol. The Hall–Kier alpha value is -1.35. The van der Waals surface area contributed by atoms with Gasteiger partial charge in [-0.2, -0.15) is 0 Å².